The van der Waals surface area contributed by atoms with Gasteiger partial charge in [-0.1, -0.05) is 0 Å². The molecule has 1 aromatic carbocycles. The Bertz CT molecular complexity index is 706. The van der Waals surface area contributed by atoms with E-state index >= 15 is 0 Å². The molecule has 1 fully saturated rings. The van der Waals surface area contributed by atoms with E-state index < -0.39 is 5.60 Å². The zero-order chi connectivity index (χ0) is 17.9. The summed E-state index contributed by atoms with van der Waals surface area (Å²) in [5.41, 5.74) is 0.443. The van der Waals surface area contributed by atoms with Gasteiger partial charge in [-0.15, -0.1) is 0 Å². The third kappa shape index (κ3) is 4.14. The van der Waals surface area contributed by atoms with Crippen molar-refractivity contribution >= 4 is 0 Å². The zero-order valence-corrected chi connectivity index (χ0v) is 15.2. The molecule has 1 aliphatic heterocycles. The van der Waals surface area contributed by atoms with Crippen LogP contribution in [0.2, 0.25) is 0 Å². The van der Waals surface area contributed by atoms with Gasteiger partial charge in [0.25, 0.3) is 0 Å². The van der Waals surface area contributed by atoms with Crippen molar-refractivity contribution in [3.63, 3.8) is 0 Å². The summed E-state index contributed by atoms with van der Waals surface area (Å²) in [5.74, 6) is 2.65. The highest BCUT2D eigenvalue weighted by molar-refractivity contribution is 5.40. The molecule has 25 heavy (non-hydrogen) atoms. The quantitative estimate of drug-likeness (QED) is 0.870. The summed E-state index contributed by atoms with van der Waals surface area (Å²) in [6.07, 6.45) is 5.21. The first-order valence-electron chi connectivity index (χ1n) is 8.66. The van der Waals surface area contributed by atoms with E-state index in [0.29, 0.717) is 6.54 Å². The molecule has 0 atom stereocenters. The van der Waals surface area contributed by atoms with Crippen LogP contribution >= 0.6 is 0 Å². The SMILES string of the molecule is COc1ccc(OC)c(CN2CCC(O)(Cn3ccnc3C)CC2)c1. The Kier molecular flexibility index (Phi) is 5.30. The highest BCUT2D eigenvalue weighted by Crippen LogP contribution is 2.29. The molecule has 1 aromatic heterocycles. The fraction of sp³-hybridized carbons (Fsp3) is 0.526. The first-order chi connectivity index (χ1) is 12.0. The van der Waals surface area contributed by atoms with Crippen LogP contribution in [0.25, 0.3) is 0 Å². The third-order valence-corrected chi connectivity index (χ3v) is 5.06. The van der Waals surface area contributed by atoms with Crippen molar-refractivity contribution in [2.75, 3.05) is 27.3 Å². The number of rotatable bonds is 6. The average Bonchev–Trinajstić information content (AvgIpc) is 3.01. The number of ether oxygens (including phenoxy) is 2. The molecule has 0 aliphatic carbocycles. The van der Waals surface area contributed by atoms with E-state index in [2.05, 4.69) is 9.88 Å². The van der Waals surface area contributed by atoms with Crippen LogP contribution in [0.3, 0.4) is 0 Å². The minimum atomic E-state index is -0.666. The van der Waals surface area contributed by atoms with Gasteiger partial charge in [0, 0.05) is 37.6 Å². The molecule has 2 heterocycles. The van der Waals surface area contributed by atoms with Crippen molar-refractivity contribution in [2.24, 2.45) is 0 Å². The normalized spacial score (nSPS) is 17.4. The van der Waals surface area contributed by atoms with Crippen LogP contribution in [-0.2, 0) is 13.1 Å². The Morgan fingerprint density at radius 1 is 1.20 bits per heavy atom. The molecule has 0 bridgehead atoms. The van der Waals surface area contributed by atoms with Crippen LogP contribution in [-0.4, -0.2) is 52.5 Å². The number of aryl methyl sites for hydroxylation is 1. The Labute approximate surface area is 149 Å². The molecule has 0 spiro atoms. The molecule has 0 unspecified atom stereocenters. The lowest BCUT2D eigenvalue weighted by molar-refractivity contribution is -0.0362. The predicted octanol–water partition coefficient (Wildman–Crippen LogP) is 2.24. The van der Waals surface area contributed by atoms with E-state index in [9.17, 15) is 5.11 Å². The molecular weight excluding hydrogens is 318 g/mol. The summed E-state index contributed by atoms with van der Waals surface area (Å²) < 4.78 is 12.8. The smallest absolute Gasteiger partial charge is 0.123 e. The van der Waals surface area contributed by atoms with Gasteiger partial charge >= 0.3 is 0 Å². The molecule has 136 valence electrons. The largest absolute Gasteiger partial charge is 0.497 e. The fourth-order valence-electron chi connectivity index (χ4n) is 3.42. The van der Waals surface area contributed by atoms with Gasteiger partial charge in [-0.25, -0.2) is 4.98 Å². The minimum absolute atomic E-state index is 0.606. The number of hydrogen-bond donors (Lipinski definition) is 1. The van der Waals surface area contributed by atoms with E-state index in [1.54, 1.807) is 20.4 Å². The van der Waals surface area contributed by atoms with Gasteiger partial charge in [-0.05, 0) is 38.0 Å². The van der Waals surface area contributed by atoms with Crippen molar-refractivity contribution < 1.29 is 14.6 Å². The maximum atomic E-state index is 10.9. The molecule has 3 rings (SSSR count). The Balaban J connectivity index is 1.62. The summed E-state index contributed by atoms with van der Waals surface area (Å²) in [7, 11) is 3.36. The number of hydrogen-bond acceptors (Lipinski definition) is 5. The van der Waals surface area contributed by atoms with Gasteiger partial charge < -0.3 is 19.1 Å². The van der Waals surface area contributed by atoms with Crippen molar-refractivity contribution in [2.45, 2.75) is 38.5 Å². The maximum absolute atomic E-state index is 10.9. The van der Waals surface area contributed by atoms with Crippen molar-refractivity contribution in [3.8, 4) is 11.5 Å². The molecule has 1 saturated heterocycles. The Morgan fingerprint density at radius 3 is 2.56 bits per heavy atom. The van der Waals surface area contributed by atoms with Crippen LogP contribution in [0.1, 0.15) is 24.2 Å². The van der Waals surface area contributed by atoms with E-state index in [4.69, 9.17) is 9.47 Å². The number of likely N-dealkylation sites (tertiary alicyclic amines) is 1. The van der Waals surface area contributed by atoms with E-state index in [1.165, 1.54) is 0 Å². The monoisotopic (exact) mass is 345 g/mol. The number of benzene rings is 1. The number of piperidine rings is 1. The highest BCUT2D eigenvalue weighted by Gasteiger charge is 2.33. The lowest BCUT2D eigenvalue weighted by atomic mass is 9.91. The first kappa shape index (κ1) is 17.8. The number of aliphatic hydroxyl groups is 1. The second-order valence-electron chi connectivity index (χ2n) is 6.78. The minimum Gasteiger partial charge on any atom is -0.497 e. The lowest BCUT2D eigenvalue weighted by Crippen LogP contribution is -2.46. The Morgan fingerprint density at radius 2 is 1.96 bits per heavy atom. The fourth-order valence-corrected chi connectivity index (χ4v) is 3.42. The van der Waals surface area contributed by atoms with Crippen LogP contribution < -0.4 is 9.47 Å². The van der Waals surface area contributed by atoms with Gasteiger partial charge in [0.05, 0.1) is 26.4 Å². The molecule has 6 nitrogen and oxygen atoms in total. The summed E-state index contributed by atoms with van der Waals surface area (Å²) in [4.78, 5) is 6.59. The summed E-state index contributed by atoms with van der Waals surface area (Å²) in [6.45, 7) is 5.07. The van der Waals surface area contributed by atoms with Crippen LogP contribution in [0.4, 0.5) is 0 Å². The average molecular weight is 345 g/mol. The number of nitrogens with zero attached hydrogens (tertiary/aromatic N) is 3. The van der Waals surface area contributed by atoms with Crippen molar-refractivity contribution in [1.29, 1.82) is 0 Å². The lowest BCUT2D eigenvalue weighted by Gasteiger charge is -2.38. The highest BCUT2D eigenvalue weighted by atomic mass is 16.5. The molecule has 0 amide bonds. The van der Waals surface area contributed by atoms with Crippen molar-refractivity contribution in [1.82, 2.24) is 14.5 Å². The predicted molar refractivity (Wildman–Crippen MR) is 96.0 cm³/mol. The summed E-state index contributed by atoms with van der Waals surface area (Å²) in [6, 6.07) is 5.87. The summed E-state index contributed by atoms with van der Waals surface area (Å²) in [5, 5.41) is 10.9. The first-order valence-corrected chi connectivity index (χ1v) is 8.66. The molecule has 1 aliphatic rings. The Hall–Kier alpha value is -2.05. The number of methoxy groups -OCH3 is 2. The topological polar surface area (TPSA) is 59.8 Å². The van der Waals surface area contributed by atoms with Crippen LogP contribution in [0.15, 0.2) is 30.6 Å². The number of aromatic nitrogens is 2. The number of imidazole rings is 1. The third-order valence-electron chi connectivity index (χ3n) is 5.06. The maximum Gasteiger partial charge on any atom is 0.123 e. The molecule has 0 radical (unpaired) electrons. The van der Waals surface area contributed by atoms with E-state index in [-0.39, 0.29) is 0 Å². The zero-order valence-electron chi connectivity index (χ0n) is 15.2. The molecular formula is C19H27N3O3. The van der Waals surface area contributed by atoms with Gasteiger partial charge in [-0.3, -0.25) is 4.90 Å². The molecule has 1 N–H and O–H groups in total. The van der Waals surface area contributed by atoms with E-state index in [1.807, 2.05) is 35.9 Å². The van der Waals surface area contributed by atoms with Crippen LogP contribution in [0.5, 0.6) is 11.5 Å². The van der Waals surface area contributed by atoms with E-state index in [0.717, 1.165) is 55.4 Å². The van der Waals surface area contributed by atoms with Gasteiger partial charge in [0.15, 0.2) is 0 Å². The van der Waals surface area contributed by atoms with Crippen LogP contribution in [0, 0.1) is 6.92 Å². The van der Waals surface area contributed by atoms with Gasteiger partial charge in [-0.2, -0.15) is 0 Å². The van der Waals surface area contributed by atoms with Crippen molar-refractivity contribution in [3.05, 3.63) is 42.0 Å². The standard InChI is InChI=1S/C19H27N3O3/c1-15-20-8-11-22(15)14-19(23)6-9-21(10-7-19)13-16-12-17(24-2)4-5-18(16)25-3/h4-5,8,11-12,23H,6-7,9-10,13-14H2,1-3H3. The molecule has 0 saturated carbocycles. The molecule has 2 aromatic rings. The second-order valence-corrected chi connectivity index (χ2v) is 6.78. The molecule has 6 heteroatoms. The summed E-state index contributed by atoms with van der Waals surface area (Å²) >= 11 is 0. The van der Waals surface area contributed by atoms with Gasteiger partial charge in [0.1, 0.15) is 17.3 Å². The van der Waals surface area contributed by atoms with Gasteiger partial charge in [0.2, 0.25) is 0 Å². The second kappa shape index (κ2) is 7.45.